The van der Waals surface area contributed by atoms with Crippen molar-refractivity contribution in [1.82, 2.24) is 4.90 Å². The van der Waals surface area contributed by atoms with Crippen molar-refractivity contribution in [2.75, 3.05) is 26.0 Å². The molecule has 3 rings (SSSR count). The van der Waals surface area contributed by atoms with E-state index in [-0.39, 0.29) is 42.2 Å². The van der Waals surface area contributed by atoms with Crippen molar-refractivity contribution in [3.05, 3.63) is 68.7 Å². The van der Waals surface area contributed by atoms with Crippen LogP contribution in [-0.2, 0) is 43.3 Å². The quantitative estimate of drug-likeness (QED) is 0.288. The predicted octanol–water partition coefficient (Wildman–Crippen LogP) is 6.11. The molecule has 1 aliphatic rings. The number of hydrogen-bond donors (Lipinski definition) is 0. The molecule has 0 bridgehead atoms. The van der Waals surface area contributed by atoms with E-state index in [2.05, 4.69) is 0 Å². The fourth-order valence-electron chi connectivity index (χ4n) is 4.29. The Morgan fingerprint density at radius 2 is 1.59 bits per heavy atom. The maximum atomic E-state index is 13.2. The molecule has 204 valence electrons. The minimum atomic E-state index is -5.03. The van der Waals surface area contributed by atoms with E-state index >= 15 is 0 Å². The third-order valence-electron chi connectivity index (χ3n) is 6.12. The van der Waals surface area contributed by atoms with Gasteiger partial charge in [-0.15, -0.1) is 0 Å². The van der Waals surface area contributed by atoms with Crippen LogP contribution in [0.2, 0.25) is 10.0 Å². The lowest BCUT2D eigenvalue weighted by Crippen LogP contribution is -2.36. The number of carbonyl (C=O) groups is 1. The maximum absolute atomic E-state index is 13.2. The number of hydrogen-bond acceptors (Lipinski definition) is 4. The van der Waals surface area contributed by atoms with Crippen LogP contribution in [0.25, 0.3) is 0 Å². The van der Waals surface area contributed by atoms with Crippen molar-refractivity contribution >= 4 is 39.2 Å². The van der Waals surface area contributed by atoms with Gasteiger partial charge in [0, 0.05) is 18.5 Å². The molecule has 0 saturated carbocycles. The molecular formula is C23H21Cl2F6NO4S. The molecule has 0 radical (unpaired) electrons. The lowest BCUT2D eigenvalue weighted by atomic mass is 9.77. The molecule has 1 fully saturated rings. The monoisotopic (exact) mass is 591 g/mol. The highest BCUT2D eigenvalue weighted by molar-refractivity contribution is 7.85. The van der Waals surface area contributed by atoms with Gasteiger partial charge < -0.3 is 4.90 Å². The number of nitrogens with zero attached hydrogens (tertiary/aromatic N) is 1. The normalized spacial score (nSPS) is 18.9. The lowest BCUT2D eigenvalue weighted by Gasteiger charge is -2.30. The van der Waals surface area contributed by atoms with E-state index in [1.54, 1.807) is 12.1 Å². The molecule has 0 spiro atoms. The molecule has 1 saturated heterocycles. The molecule has 5 nitrogen and oxygen atoms in total. The Kier molecular flexibility index (Phi) is 8.48. The Bertz CT molecular complexity index is 1250. The molecule has 2 aromatic carbocycles. The predicted molar refractivity (Wildman–Crippen MR) is 125 cm³/mol. The molecule has 1 aliphatic heterocycles. The molecule has 37 heavy (non-hydrogen) atoms. The molecule has 1 unspecified atom stereocenters. The Morgan fingerprint density at radius 1 is 1.00 bits per heavy atom. The second-order valence-corrected chi connectivity index (χ2v) is 11.3. The highest BCUT2D eigenvalue weighted by Crippen LogP contribution is 2.41. The first-order chi connectivity index (χ1) is 16.9. The summed E-state index contributed by atoms with van der Waals surface area (Å²) in [4.78, 5) is 14.3. The summed E-state index contributed by atoms with van der Waals surface area (Å²) in [6.45, 7) is -0.0747. The van der Waals surface area contributed by atoms with Crippen LogP contribution in [-0.4, -0.2) is 45.2 Å². The number of carbonyl (C=O) groups excluding carboxylic acids is 1. The average molecular weight is 592 g/mol. The molecule has 1 atom stereocenters. The van der Waals surface area contributed by atoms with Crippen LogP contribution in [0.15, 0.2) is 36.4 Å². The van der Waals surface area contributed by atoms with Crippen molar-refractivity contribution in [2.45, 2.75) is 37.0 Å². The van der Waals surface area contributed by atoms with Gasteiger partial charge in [-0.05, 0) is 54.3 Å². The van der Waals surface area contributed by atoms with Gasteiger partial charge in [0.1, 0.15) is 0 Å². The molecule has 14 heteroatoms. The summed E-state index contributed by atoms with van der Waals surface area (Å²) < 4.78 is 107. The van der Waals surface area contributed by atoms with Gasteiger partial charge in [-0.3, -0.25) is 8.98 Å². The Labute approximate surface area is 219 Å². The van der Waals surface area contributed by atoms with Gasteiger partial charge in [-0.2, -0.15) is 34.8 Å². The lowest BCUT2D eigenvalue weighted by molar-refractivity contribution is -0.143. The van der Waals surface area contributed by atoms with E-state index in [4.69, 9.17) is 27.4 Å². The van der Waals surface area contributed by atoms with Crippen LogP contribution >= 0.6 is 23.2 Å². The third kappa shape index (κ3) is 7.52. The Balaban J connectivity index is 1.87. The van der Waals surface area contributed by atoms with Gasteiger partial charge in [0.05, 0.1) is 40.5 Å². The zero-order valence-corrected chi connectivity index (χ0v) is 21.5. The zero-order chi connectivity index (χ0) is 27.8. The van der Waals surface area contributed by atoms with Gasteiger partial charge in [0.15, 0.2) is 0 Å². The van der Waals surface area contributed by atoms with Crippen molar-refractivity contribution in [1.29, 1.82) is 0 Å². The van der Waals surface area contributed by atoms with Gasteiger partial charge in [0.25, 0.3) is 10.1 Å². The number of likely N-dealkylation sites (tertiary alicyclic amines) is 1. The number of halogens is 8. The first-order valence-electron chi connectivity index (χ1n) is 10.8. The van der Waals surface area contributed by atoms with Crippen molar-refractivity contribution < 1.29 is 43.7 Å². The smallest absolute Gasteiger partial charge is 0.341 e. The van der Waals surface area contributed by atoms with Crippen molar-refractivity contribution in [3.63, 3.8) is 0 Å². The topological polar surface area (TPSA) is 63.7 Å². The van der Waals surface area contributed by atoms with Crippen LogP contribution in [0, 0.1) is 0 Å². The number of amides is 1. The van der Waals surface area contributed by atoms with Crippen LogP contribution in [0.3, 0.4) is 0 Å². The van der Waals surface area contributed by atoms with E-state index in [0.29, 0.717) is 24.1 Å². The van der Waals surface area contributed by atoms with E-state index in [9.17, 15) is 39.6 Å². The zero-order valence-electron chi connectivity index (χ0n) is 19.2. The number of benzene rings is 2. The molecular weight excluding hydrogens is 571 g/mol. The van der Waals surface area contributed by atoms with Gasteiger partial charge in [-0.1, -0.05) is 29.3 Å². The van der Waals surface area contributed by atoms with Crippen molar-refractivity contribution in [3.8, 4) is 0 Å². The molecule has 0 aromatic heterocycles. The first kappa shape index (κ1) is 29.5. The van der Waals surface area contributed by atoms with Gasteiger partial charge in [-0.25, -0.2) is 0 Å². The van der Waals surface area contributed by atoms with Crippen molar-refractivity contribution in [2.24, 2.45) is 0 Å². The minimum Gasteiger partial charge on any atom is -0.341 e. The highest BCUT2D eigenvalue weighted by Gasteiger charge is 2.42. The van der Waals surface area contributed by atoms with Gasteiger partial charge in [0.2, 0.25) is 5.91 Å². The number of rotatable bonds is 7. The fourth-order valence-corrected chi connectivity index (χ4v) is 4.98. The van der Waals surface area contributed by atoms with Crippen LogP contribution in [0.1, 0.15) is 35.1 Å². The fraction of sp³-hybridized carbons (Fsp3) is 0.435. The molecule has 0 N–H and O–H groups in total. The first-order valence-corrected chi connectivity index (χ1v) is 13.3. The second-order valence-electron chi connectivity index (χ2n) is 8.84. The number of alkyl halides is 6. The SMILES string of the molecule is CS(=O)(=O)OCCC1(c2ccc(Cl)c(Cl)c2)CCN(C(=O)Cc2cc(C(F)(F)F)cc(C(F)(F)F)c2)C1. The summed E-state index contributed by atoms with van der Waals surface area (Å²) in [5.41, 5.74) is -3.64. The minimum absolute atomic E-state index is 0.000905. The standard InChI is InChI=1S/C23H21Cl2F6NO4S/c1-37(34,35)36-7-5-21(15-2-3-18(24)19(25)12-15)4-6-32(13-21)20(33)10-14-8-16(22(26,27)28)11-17(9-14)23(29,30)31/h2-3,8-9,11-12H,4-7,10,13H2,1H3. The summed E-state index contributed by atoms with van der Waals surface area (Å²) in [6.07, 6.45) is -9.41. The van der Waals surface area contributed by atoms with Gasteiger partial charge >= 0.3 is 12.4 Å². The Morgan fingerprint density at radius 3 is 2.11 bits per heavy atom. The summed E-state index contributed by atoms with van der Waals surface area (Å²) in [7, 11) is -3.75. The third-order valence-corrected chi connectivity index (χ3v) is 7.45. The molecule has 1 amide bonds. The molecule has 2 aromatic rings. The van der Waals surface area contributed by atoms with Crippen LogP contribution in [0.4, 0.5) is 26.3 Å². The van der Waals surface area contributed by atoms with E-state index in [0.717, 1.165) is 6.26 Å². The molecule has 0 aliphatic carbocycles. The van der Waals surface area contributed by atoms with Crippen LogP contribution < -0.4 is 0 Å². The summed E-state index contributed by atoms with van der Waals surface area (Å²) in [6, 6.07) is 5.81. The van der Waals surface area contributed by atoms with E-state index in [1.807, 2.05) is 0 Å². The molecule has 1 heterocycles. The van der Waals surface area contributed by atoms with E-state index in [1.165, 1.54) is 11.0 Å². The maximum Gasteiger partial charge on any atom is 0.416 e. The Hall–Kier alpha value is -2.02. The second kappa shape index (κ2) is 10.6. The van der Waals surface area contributed by atoms with Crippen LogP contribution in [0.5, 0.6) is 0 Å². The van der Waals surface area contributed by atoms with E-state index < -0.39 is 56.9 Å². The summed E-state index contributed by atoms with van der Waals surface area (Å²) >= 11 is 12.1. The highest BCUT2D eigenvalue weighted by atomic mass is 35.5. The summed E-state index contributed by atoms with van der Waals surface area (Å²) in [5, 5.41) is 0.486. The average Bonchev–Trinajstić information content (AvgIpc) is 3.19. The largest absolute Gasteiger partial charge is 0.416 e. The summed E-state index contributed by atoms with van der Waals surface area (Å²) in [5.74, 6) is -0.682.